The number of furan rings is 1. The predicted octanol–water partition coefficient (Wildman–Crippen LogP) is 3.84. The minimum absolute atomic E-state index is 0.0396. The zero-order valence-electron chi connectivity index (χ0n) is 14.5. The lowest BCUT2D eigenvalue weighted by Crippen LogP contribution is -2.10. The fourth-order valence-corrected chi connectivity index (χ4v) is 2.93. The second-order valence-electron chi connectivity index (χ2n) is 5.82. The molecule has 0 unspecified atom stereocenters. The number of hydrogen-bond acceptors (Lipinski definition) is 6. The van der Waals surface area contributed by atoms with Crippen LogP contribution < -0.4 is 0 Å². The number of H-pyrrole nitrogens is 1. The molecule has 0 amide bonds. The molecule has 0 saturated heterocycles. The summed E-state index contributed by atoms with van der Waals surface area (Å²) in [6.07, 6.45) is 0. The van der Waals surface area contributed by atoms with Gasteiger partial charge < -0.3 is 13.9 Å². The smallest absolute Gasteiger partial charge is 0.374 e. The summed E-state index contributed by atoms with van der Waals surface area (Å²) in [6, 6.07) is 14.4. The Labute approximate surface area is 153 Å². The van der Waals surface area contributed by atoms with E-state index in [1.54, 1.807) is 31.2 Å². The standard InChI is InChI=1S/C20H16N2O5/c1-2-25-20(24)18-14(12-7-4-6-10-16(12)27-18)11-26-19(23)17-13-8-3-5-9-15(13)21-22-17/h3-10H,2,11H2,1H3,(H,21,22). The Bertz CT molecular complexity index is 1140. The molecule has 0 spiro atoms. The van der Waals surface area contributed by atoms with Crippen molar-refractivity contribution in [1.29, 1.82) is 0 Å². The zero-order valence-corrected chi connectivity index (χ0v) is 14.5. The Hall–Kier alpha value is -3.61. The number of aromatic amines is 1. The molecule has 0 saturated carbocycles. The van der Waals surface area contributed by atoms with Crippen LogP contribution in [-0.4, -0.2) is 28.7 Å². The number of nitrogens with one attached hydrogen (secondary N) is 1. The van der Waals surface area contributed by atoms with Gasteiger partial charge in [0, 0.05) is 10.8 Å². The lowest BCUT2D eigenvalue weighted by Gasteiger charge is -2.05. The van der Waals surface area contributed by atoms with E-state index in [9.17, 15) is 9.59 Å². The lowest BCUT2D eigenvalue weighted by molar-refractivity contribution is 0.0432. The van der Waals surface area contributed by atoms with E-state index in [1.807, 2.05) is 24.3 Å². The number of ether oxygens (including phenoxy) is 2. The molecule has 1 N–H and O–H groups in total. The van der Waals surface area contributed by atoms with Gasteiger partial charge in [-0.15, -0.1) is 0 Å². The number of fused-ring (bicyclic) bond motifs is 2. The van der Waals surface area contributed by atoms with E-state index in [1.165, 1.54) is 0 Å². The normalized spacial score (nSPS) is 11.0. The topological polar surface area (TPSA) is 94.4 Å². The maximum Gasteiger partial charge on any atom is 0.374 e. The molecule has 2 aromatic heterocycles. The van der Waals surface area contributed by atoms with Crippen molar-refractivity contribution in [3.63, 3.8) is 0 Å². The van der Waals surface area contributed by atoms with Crippen molar-refractivity contribution in [2.45, 2.75) is 13.5 Å². The van der Waals surface area contributed by atoms with Crippen molar-refractivity contribution in [3.8, 4) is 0 Å². The molecule has 27 heavy (non-hydrogen) atoms. The van der Waals surface area contributed by atoms with Gasteiger partial charge >= 0.3 is 11.9 Å². The SMILES string of the molecule is CCOC(=O)c1oc2ccccc2c1COC(=O)c1n[nH]c2ccccc12. The first-order valence-corrected chi connectivity index (χ1v) is 8.46. The summed E-state index contributed by atoms with van der Waals surface area (Å²) in [5, 5.41) is 8.19. The highest BCUT2D eigenvalue weighted by Crippen LogP contribution is 2.28. The Kier molecular flexibility index (Phi) is 4.33. The third-order valence-corrected chi connectivity index (χ3v) is 4.17. The number of nitrogens with zero attached hydrogens (tertiary/aromatic N) is 1. The third-order valence-electron chi connectivity index (χ3n) is 4.17. The van der Waals surface area contributed by atoms with Gasteiger partial charge in [0.1, 0.15) is 12.2 Å². The summed E-state index contributed by atoms with van der Waals surface area (Å²) in [5.41, 5.74) is 1.93. The molecular weight excluding hydrogens is 348 g/mol. The molecule has 0 fully saturated rings. The van der Waals surface area contributed by atoms with Crippen molar-refractivity contribution in [3.05, 3.63) is 65.5 Å². The molecule has 0 radical (unpaired) electrons. The van der Waals surface area contributed by atoms with E-state index < -0.39 is 11.9 Å². The fraction of sp³-hybridized carbons (Fsp3) is 0.150. The van der Waals surface area contributed by atoms with E-state index in [0.29, 0.717) is 21.9 Å². The monoisotopic (exact) mass is 364 g/mol. The molecule has 4 aromatic rings. The second kappa shape index (κ2) is 6.95. The molecule has 0 aliphatic rings. The average molecular weight is 364 g/mol. The maximum absolute atomic E-state index is 12.5. The first kappa shape index (κ1) is 16.8. The number of aromatic nitrogens is 2. The summed E-state index contributed by atoms with van der Waals surface area (Å²) in [7, 11) is 0. The largest absolute Gasteiger partial charge is 0.460 e. The van der Waals surface area contributed by atoms with Gasteiger partial charge in [-0.2, -0.15) is 5.10 Å². The van der Waals surface area contributed by atoms with E-state index in [-0.39, 0.29) is 24.7 Å². The van der Waals surface area contributed by atoms with Gasteiger partial charge in [0.05, 0.1) is 17.7 Å². The highest BCUT2D eigenvalue weighted by molar-refractivity contribution is 6.02. The summed E-state index contributed by atoms with van der Waals surface area (Å²) in [5.74, 6) is -1.14. The highest BCUT2D eigenvalue weighted by atomic mass is 16.5. The Morgan fingerprint density at radius 1 is 1.00 bits per heavy atom. The zero-order chi connectivity index (χ0) is 18.8. The fourth-order valence-electron chi connectivity index (χ4n) is 2.93. The molecule has 7 nitrogen and oxygen atoms in total. The van der Waals surface area contributed by atoms with Crippen molar-refractivity contribution in [1.82, 2.24) is 10.2 Å². The van der Waals surface area contributed by atoms with E-state index in [2.05, 4.69) is 10.2 Å². The van der Waals surface area contributed by atoms with Crippen LogP contribution in [-0.2, 0) is 16.1 Å². The van der Waals surface area contributed by atoms with Gasteiger partial charge in [0.15, 0.2) is 5.69 Å². The highest BCUT2D eigenvalue weighted by Gasteiger charge is 2.24. The number of carbonyl (C=O) groups excluding carboxylic acids is 2. The average Bonchev–Trinajstić information content (AvgIpc) is 3.28. The van der Waals surface area contributed by atoms with Crippen LogP contribution in [0.5, 0.6) is 0 Å². The van der Waals surface area contributed by atoms with Crippen LogP contribution in [0.3, 0.4) is 0 Å². The molecule has 0 aliphatic heterocycles. The first-order valence-electron chi connectivity index (χ1n) is 8.46. The third kappa shape index (κ3) is 3.03. The molecule has 0 atom stereocenters. The minimum atomic E-state index is -0.593. The van der Waals surface area contributed by atoms with Gasteiger partial charge in [-0.1, -0.05) is 36.4 Å². The van der Waals surface area contributed by atoms with Crippen molar-refractivity contribution in [2.24, 2.45) is 0 Å². The van der Waals surface area contributed by atoms with Crippen molar-refractivity contribution >= 4 is 33.8 Å². The Balaban J connectivity index is 1.64. The number of carbonyl (C=O) groups is 2. The van der Waals surface area contributed by atoms with Gasteiger partial charge in [-0.3, -0.25) is 5.10 Å². The molecule has 2 aromatic carbocycles. The molecule has 0 bridgehead atoms. The van der Waals surface area contributed by atoms with Crippen LogP contribution >= 0.6 is 0 Å². The Morgan fingerprint density at radius 2 is 1.74 bits per heavy atom. The van der Waals surface area contributed by atoms with Gasteiger partial charge in [-0.05, 0) is 19.1 Å². The Morgan fingerprint density at radius 3 is 2.56 bits per heavy atom. The van der Waals surface area contributed by atoms with Gasteiger partial charge in [0.2, 0.25) is 5.76 Å². The van der Waals surface area contributed by atoms with Crippen LogP contribution in [0.4, 0.5) is 0 Å². The molecule has 2 heterocycles. The molecule has 0 aliphatic carbocycles. The molecule has 4 rings (SSSR count). The van der Waals surface area contributed by atoms with Crippen molar-refractivity contribution in [2.75, 3.05) is 6.61 Å². The summed E-state index contributed by atoms with van der Waals surface area (Å²) < 4.78 is 16.1. The van der Waals surface area contributed by atoms with Crippen LogP contribution in [0.1, 0.15) is 33.5 Å². The number of rotatable bonds is 5. The lowest BCUT2D eigenvalue weighted by atomic mass is 10.1. The van der Waals surface area contributed by atoms with Crippen LogP contribution in [0, 0.1) is 0 Å². The number of esters is 2. The molecular formula is C20H16N2O5. The minimum Gasteiger partial charge on any atom is -0.460 e. The quantitative estimate of drug-likeness (QED) is 0.541. The first-order chi connectivity index (χ1) is 13.2. The second-order valence-corrected chi connectivity index (χ2v) is 5.82. The molecule has 136 valence electrons. The summed E-state index contributed by atoms with van der Waals surface area (Å²) in [4.78, 5) is 24.7. The summed E-state index contributed by atoms with van der Waals surface area (Å²) >= 11 is 0. The molecule has 7 heteroatoms. The van der Waals surface area contributed by atoms with Crippen molar-refractivity contribution < 1.29 is 23.5 Å². The van der Waals surface area contributed by atoms with E-state index in [0.717, 1.165) is 5.52 Å². The van der Waals surface area contributed by atoms with Crippen LogP contribution in [0.25, 0.3) is 21.9 Å². The predicted molar refractivity (Wildman–Crippen MR) is 97.4 cm³/mol. The van der Waals surface area contributed by atoms with E-state index >= 15 is 0 Å². The number of hydrogen-bond donors (Lipinski definition) is 1. The van der Waals surface area contributed by atoms with Crippen LogP contribution in [0.15, 0.2) is 52.9 Å². The van der Waals surface area contributed by atoms with Gasteiger partial charge in [0.25, 0.3) is 0 Å². The maximum atomic E-state index is 12.5. The number of benzene rings is 2. The van der Waals surface area contributed by atoms with E-state index in [4.69, 9.17) is 13.9 Å². The number of para-hydroxylation sites is 2. The van der Waals surface area contributed by atoms with Crippen LogP contribution in [0.2, 0.25) is 0 Å². The summed E-state index contributed by atoms with van der Waals surface area (Å²) in [6.45, 7) is 1.79. The van der Waals surface area contributed by atoms with Gasteiger partial charge in [-0.25, -0.2) is 9.59 Å².